The van der Waals surface area contributed by atoms with Gasteiger partial charge in [0.25, 0.3) is 11.6 Å². The van der Waals surface area contributed by atoms with Crippen LogP contribution in [0.25, 0.3) is 11.1 Å². The minimum Gasteiger partial charge on any atom is -0.497 e. The van der Waals surface area contributed by atoms with Gasteiger partial charge in [-0.15, -0.1) is 0 Å². The van der Waals surface area contributed by atoms with E-state index in [9.17, 15) is 23.7 Å². The zero-order valence-electron chi connectivity index (χ0n) is 16.6. The third kappa shape index (κ3) is 4.95. The van der Waals surface area contributed by atoms with Gasteiger partial charge in [0, 0.05) is 28.4 Å². The van der Waals surface area contributed by atoms with E-state index in [1.165, 1.54) is 50.4 Å². The van der Waals surface area contributed by atoms with Gasteiger partial charge in [0.2, 0.25) is 0 Å². The number of hydrogen-bond donors (Lipinski definition) is 1. The van der Waals surface area contributed by atoms with E-state index in [2.05, 4.69) is 10.1 Å². The number of nitro benzene ring substituents is 1. The minimum absolute atomic E-state index is 0.0651. The fourth-order valence-corrected chi connectivity index (χ4v) is 3.07. The molecular weight excluding hydrogens is 410 g/mol. The number of hydrogen-bond acceptors (Lipinski definition) is 5. The standard InChI is InChI=1S/C22H18F2N2O5/c1-13-17(4-3-5-19(13)26(28)29)21(27)25-15-8-11-20(31-22(23)24)18(12-15)14-6-9-16(30-2)10-7-14/h3-12,22H,1-2H3,(H,25,27). The average molecular weight is 428 g/mol. The monoisotopic (exact) mass is 428 g/mol. The topological polar surface area (TPSA) is 90.7 Å². The molecule has 7 nitrogen and oxygen atoms in total. The van der Waals surface area contributed by atoms with Crippen molar-refractivity contribution in [1.82, 2.24) is 0 Å². The summed E-state index contributed by atoms with van der Waals surface area (Å²) in [6.45, 7) is -1.54. The number of nitro groups is 1. The predicted octanol–water partition coefficient (Wildman–Crippen LogP) is 5.43. The van der Waals surface area contributed by atoms with Gasteiger partial charge in [0.15, 0.2) is 0 Å². The number of ether oxygens (including phenoxy) is 2. The molecule has 0 bridgehead atoms. The molecule has 1 N–H and O–H groups in total. The van der Waals surface area contributed by atoms with Crippen molar-refractivity contribution < 1.29 is 28.0 Å². The molecule has 0 radical (unpaired) electrons. The number of anilines is 1. The summed E-state index contributed by atoms with van der Waals surface area (Å²) >= 11 is 0. The van der Waals surface area contributed by atoms with E-state index in [0.717, 1.165) is 0 Å². The maximum Gasteiger partial charge on any atom is 0.387 e. The van der Waals surface area contributed by atoms with E-state index in [1.54, 1.807) is 24.3 Å². The molecule has 9 heteroatoms. The van der Waals surface area contributed by atoms with E-state index in [4.69, 9.17) is 4.74 Å². The first-order valence-electron chi connectivity index (χ1n) is 9.08. The number of nitrogens with zero attached hydrogens (tertiary/aromatic N) is 1. The summed E-state index contributed by atoms with van der Waals surface area (Å²) in [6, 6.07) is 15.1. The van der Waals surface area contributed by atoms with Crippen LogP contribution in [0.15, 0.2) is 60.7 Å². The molecular formula is C22H18F2N2O5. The van der Waals surface area contributed by atoms with Gasteiger partial charge in [0.1, 0.15) is 11.5 Å². The van der Waals surface area contributed by atoms with Crippen molar-refractivity contribution in [2.45, 2.75) is 13.5 Å². The van der Waals surface area contributed by atoms with Crippen LogP contribution in [0.4, 0.5) is 20.2 Å². The van der Waals surface area contributed by atoms with Crippen LogP contribution in [-0.4, -0.2) is 24.6 Å². The van der Waals surface area contributed by atoms with Crippen LogP contribution in [0, 0.1) is 17.0 Å². The second-order valence-corrected chi connectivity index (χ2v) is 6.48. The van der Waals surface area contributed by atoms with Gasteiger partial charge in [-0.25, -0.2) is 0 Å². The minimum atomic E-state index is -3.02. The van der Waals surface area contributed by atoms with E-state index in [1.807, 2.05) is 0 Å². The molecule has 3 aromatic rings. The van der Waals surface area contributed by atoms with Gasteiger partial charge in [-0.05, 0) is 48.9 Å². The number of carbonyl (C=O) groups excluding carboxylic acids is 1. The highest BCUT2D eigenvalue weighted by Crippen LogP contribution is 2.35. The lowest BCUT2D eigenvalue weighted by Gasteiger charge is -2.14. The van der Waals surface area contributed by atoms with Crippen molar-refractivity contribution in [2.24, 2.45) is 0 Å². The summed E-state index contributed by atoms with van der Waals surface area (Å²) in [4.78, 5) is 23.3. The molecule has 1 amide bonds. The van der Waals surface area contributed by atoms with Gasteiger partial charge >= 0.3 is 6.61 Å². The van der Waals surface area contributed by atoms with Crippen molar-refractivity contribution in [3.63, 3.8) is 0 Å². The summed E-state index contributed by atoms with van der Waals surface area (Å²) in [5.74, 6) is -0.0419. The second kappa shape index (κ2) is 9.21. The highest BCUT2D eigenvalue weighted by atomic mass is 19.3. The van der Waals surface area contributed by atoms with Crippen molar-refractivity contribution in [3.8, 4) is 22.6 Å². The normalized spacial score (nSPS) is 10.6. The molecule has 0 unspecified atom stereocenters. The first-order valence-corrected chi connectivity index (χ1v) is 9.08. The summed E-state index contributed by atoms with van der Waals surface area (Å²) < 4.78 is 35.4. The number of methoxy groups -OCH3 is 1. The molecule has 0 aliphatic rings. The van der Waals surface area contributed by atoms with Crippen LogP contribution in [0.2, 0.25) is 0 Å². The molecule has 0 saturated heterocycles. The highest BCUT2D eigenvalue weighted by Gasteiger charge is 2.19. The van der Waals surface area contributed by atoms with Crippen LogP contribution in [-0.2, 0) is 0 Å². The molecule has 0 aromatic heterocycles. The van der Waals surface area contributed by atoms with Gasteiger partial charge in [0.05, 0.1) is 12.0 Å². The Kier molecular flexibility index (Phi) is 6.44. The van der Waals surface area contributed by atoms with E-state index in [0.29, 0.717) is 22.6 Å². The Morgan fingerprint density at radius 2 is 1.81 bits per heavy atom. The molecule has 0 atom stereocenters. The number of benzene rings is 3. The Balaban J connectivity index is 1.96. The molecule has 31 heavy (non-hydrogen) atoms. The Hall–Kier alpha value is -4.01. The largest absolute Gasteiger partial charge is 0.497 e. The van der Waals surface area contributed by atoms with Crippen LogP contribution in [0.5, 0.6) is 11.5 Å². The van der Waals surface area contributed by atoms with Gasteiger partial charge < -0.3 is 14.8 Å². The molecule has 0 aliphatic carbocycles. The predicted molar refractivity (Wildman–Crippen MR) is 111 cm³/mol. The molecule has 0 heterocycles. The molecule has 0 aliphatic heterocycles. The first-order chi connectivity index (χ1) is 14.8. The van der Waals surface area contributed by atoms with E-state index in [-0.39, 0.29) is 22.6 Å². The lowest BCUT2D eigenvalue weighted by molar-refractivity contribution is -0.385. The van der Waals surface area contributed by atoms with Crippen LogP contribution >= 0.6 is 0 Å². The number of amides is 1. The first kappa shape index (κ1) is 21.7. The highest BCUT2D eigenvalue weighted by molar-refractivity contribution is 6.06. The fraction of sp³-hybridized carbons (Fsp3) is 0.136. The molecule has 160 valence electrons. The van der Waals surface area contributed by atoms with Gasteiger partial charge in [-0.3, -0.25) is 14.9 Å². The Morgan fingerprint density at radius 1 is 1.10 bits per heavy atom. The molecule has 3 rings (SSSR count). The molecule has 0 saturated carbocycles. The van der Waals surface area contributed by atoms with E-state index >= 15 is 0 Å². The van der Waals surface area contributed by atoms with E-state index < -0.39 is 17.4 Å². The van der Waals surface area contributed by atoms with Gasteiger partial charge in [-0.1, -0.05) is 18.2 Å². The number of halogens is 2. The summed E-state index contributed by atoms with van der Waals surface area (Å²) in [7, 11) is 1.51. The molecule has 0 spiro atoms. The average Bonchev–Trinajstić information content (AvgIpc) is 2.74. The molecule has 3 aromatic carbocycles. The summed E-state index contributed by atoms with van der Waals surface area (Å²) in [5.41, 5.74) is 1.39. The maximum atomic E-state index is 12.8. The number of carbonyl (C=O) groups is 1. The zero-order chi connectivity index (χ0) is 22.5. The van der Waals surface area contributed by atoms with Gasteiger partial charge in [-0.2, -0.15) is 8.78 Å². The Labute approximate surface area is 176 Å². The summed E-state index contributed by atoms with van der Waals surface area (Å²) in [6.07, 6.45) is 0. The zero-order valence-corrected chi connectivity index (χ0v) is 16.6. The Morgan fingerprint density at radius 3 is 2.42 bits per heavy atom. The number of rotatable bonds is 7. The lowest BCUT2D eigenvalue weighted by atomic mass is 10.0. The van der Waals surface area contributed by atoms with Crippen molar-refractivity contribution in [2.75, 3.05) is 12.4 Å². The van der Waals surface area contributed by atoms with Crippen LogP contribution in [0.1, 0.15) is 15.9 Å². The lowest BCUT2D eigenvalue weighted by Crippen LogP contribution is -2.14. The van der Waals surface area contributed by atoms with Crippen molar-refractivity contribution in [3.05, 3.63) is 81.9 Å². The molecule has 0 fully saturated rings. The maximum absolute atomic E-state index is 12.8. The third-order valence-corrected chi connectivity index (χ3v) is 4.60. The van der Waals surface area contributed by atoms with Crippen LogP contribution < -0.4 is 14.8 Å². The SMILES string of the molecule is COc1ccc(-c2cc(NC(=O)c3cccc([N+](=O)[O-])c3C)ccc2OC(F)F)cc1. The number of nitrogens with one attached hydrogen (secondary N) is 1. The Bertz CT molecular complexity index is 1120. The number of alkyl halides is 2. The van der Waals surface area contributed by atoms with Crippen LogP contribution in [0.3, 0.4) is 0 Å². The van der Waals surface area contributed by atoms with Crippen molar-refractivity contribution in [1.29, 1.82) is 0 Å². The van der Waals surface area contributed by atoms with Crippen molar-refractivity contribution >= 4 is 17.3 Å². The summed E-state index contributed by atoms with van der Waals surface area (Å²) in [5, 5.41) is 13.8. The third-order valence-electron chi connectivity index (χ3n) is 4.60. The smallest absolute Gasteiger partial charge is 0.387 e. The second-order valence-electron chi connectivity index (χ2n) is 6.48. The fourth-order valence-electron chi connectivity index (χ4n) is 3.07. The quantitative estimate of drug-likeness (QED) is 0.400.